The molecule has 0 aromatic rings. The Morgan fingerprint density at radius 2 is 2.21 bits per heavy atom. The minimum atomic E-state index is -2.87. The van der Waals surface area contributed by atoms with E-state index in [2.05, 4.69) is 5.32 Å². The van der Waals surface area contributed by atoms with Gasteiger partial charge in [-0.25, -0.2) is 8.42 Å². The lowest BCUT2D eigenvalue weighted by atomic mass is 9.94. The molecule has 5 heteroatoms. The number of carbonyl (C=O) groups excluding carboxylic acids is 1. The Kier molecular flexibility index (Phi) is 3.92. The fourth-order valence-corrected chi connectivity index (χ4v) is 2.39. The topological polar surface area (TPSA) is 63.2 Å². The molecule has 0 saturated carbocycles. The summed E-state index contributed by atoms with van der Waals surface area (Å²) in [6, 6.07) is 0. The normalized spacial score (nSPS) is 23.2. The molecule has 1 rings (SSSR count). The van der Waals surface area contributed by atoms with Crippen LogP contribution in [0.1, 0.15) is 25.7 Å². The van der Waals surface area contributed by atoms with E-state index in [4.69, 9.17) is 0 Å². The highest BCUT2D eigenvalue weighted by Gasteiger charge is 2.21. The van der Waals surface area contributed by atoms with Crippen LogP contribution in [0, 0.1) is 5.92 Å². The molecule has 1 aliphatic rings. The predicted octanol–water partition coefficient (Wildman–Crippen LogP) is 0.337. The molecule has 0 aliphatic carbocycles. The first-order valence-corrected chi connectivity index (χ1v) is 7.00. The van der Waals surface area contributed by atoms with Crippen molar-refractivity contribution in [3.8, 4) is 0 Å². The first kappa shape index (κ1) is 11.5. The molecule has 1 fully saturated rings. The number of sulfone groups is 1. The molecule has 1 atom stereocenters. The number of hydrogen-bond acceptors (Lipinski definition) is 3. The first-order chi connectivity index (χ1) is 6.49. The van der Waals surface area contributed by atoms with E-state index in [0.29, 0.717) is 12.8 Å². The van der Waals surface area contributed by atoms with Gasteiger partial charge in [0.2, 0.25) is 5.91 Å². The molecular formula is C9H17NO3S. The molecule has 1 saturated heterocycles. The summed E-state index contributed by atoms with van der Waals surface area (Å²) in [7, 11) is -2.87. The molecular weight excluding hydrogens is 202 g/mol. The maximum atomic E-state index is 11.3. The molecule has 0 radical (unpaired) electrons. The molecule has 1 heterocycles. The Bertz CT molecular complexity index is 297. The zero-order chi connectivity index (χ0) is 10.6. The van der Waals surface area contributed by atoms with Crippen LogP contribution in [-0.2, 0) is 14.6 Å². The Labute approximate surface area is 85.0 Å². The Morgan fingerprint density at radius 3 is 2.79 bits per heavy atom. The smallest absolute Gasteiger partial charge is 0.223 e. The number of nitrogens with one attached hydrogen (secondary N) is 1. The van der Waals surface area contributed by atoms with E-state index in [-0.39, 0.29) is 17.6 Å². The molecule has 14 heavy (non-hydrogen) atoms. The summed E-state index contributed by atoms with van der Waals surface area (Å²) >= 11 is 0. The standard InChI is InChI=1S/C9H17NO3S/c1-14(12,13)7-3-5-8-4-2-6-10-9(8)11/h8H,2-7H2,1H3,(H,10,11). The summed E-state index contributed by atoms with van der Waals surface area (Å²) in [6.45, 7) is 0.765. The van der Waals surface area contributed by atoms with Crippen LogP contribution >= 0.6 is 0 Å². The highest BCUT2D eigenvalue weighted by atomic mass is 32.2. The lowest BCUT2D eigenvalue weighted by Crippen LogP contribution is -2.36. The average Bonchev–Trinajstić information content (AvgIpc) is 2.06. The third kappa shape index (κ3) is 4.09. The Hall–Kier alpha value is -0.580. The van der Waals surface area contributed by atoms with Crippen LogP contribution < -0.4 is 5.32 Å². The van der Waals surface area contributed by atoms with Gasteiger partial charge in [-0.2, -0.15) is 0 Å². The molecule has 1 aliphatic heterocycles. The summed E-state index contributed by atoms with van der Waals surface area (Å²) < 4.78 is 21.7. The fourth-order valence-electron chi connectivity index (χ4n) is 1.70. The van der Waals surface area contributed by atoms with Crippen molar-refractivity contribution in [3.63, 3.8) is 0 Å². The van der Waals surface area contributed by atoms with Gasteiger partial charge in [-0.15, -0.1) is 0 Å². The monoisotopic (exact) mass is 219 g/mol. The molecule has 0 aromatic heterocycles. The van der Waals surface area contributed by atoms with Crippen molar-refractivity contribution >= 4 is 15.7 Å². The van der Waals surface area contributed by atoms with E-state index in [9.17, 15) is 13.2 Å². The van der Waals surface area contributed by atoms with Crippen LogP contribution in [0.3, 0.4) is 0 Å². The van der Waals surface area contributed by atoms with Gasteiger partial charge >= 0.3 is 0 Å². The average molecular weight is 219 g/mol. The predicted molar refractivity (Wildman–Crippen MR) is 54.7 cm³/mol. The third-order valence-electron chi connectivity index (χ3n) is 2.47. The minimum absolute atomic E-state index is 0.0329. The first-order valence-electron chi connectivity index (χ1n) is 4.94. The molecule has 82 valence electrons. The fraction of sp³-hybridized carbons (Fsp3) is 0.889. The number of hydrogen-bond donors (Lipinski definition) is 1. The van der Waals surface area contributed by atoms with Crippen molar-refractivity contribution in [2.75, 3.05) is 18.6 Å². The molecule has 1 unspecified atom stereocenters. The maximum absolute atomic E-state index is 11.3. The number of piperidine rings is 1. The second-order valence-corrected chi connectivity index (χ2v) is 6.16. The quantitative estimate of drug-likeness (QED) is 0.741. The van der Waals surface area contributed by atoms with E-state index in [1.165, 1.54) is 6.26 Å². The van der Waals surface area contributed by atoms with E-state index in [1.54, 1.807) is 0 Å². The zero-order valence-corrected chi connectivity index (χ0v) is 9.27. The van der Waals surface area contributed by atoms with Crippen LogP contribution in [0.4, 0.5) is 0 Å². The molecule has 1 N–H and O–H groups in total. The van der Waals surface area contributed by atoms with E-state index in [1.807, 2.05) is 0 Å². The van der Waals surface area contributed by atoms with Crippen LogP contribution in [-0.4, -0.2) is 32.9 Å². The van der Waals surface area contributed by atoms with Gasteiger partial charge < -0.3 is 5.32 Å². The zero-order valence-electron chi connectivity index (χ0n) is 8.45. The number of amides is 1. The van der Waals surface area contributed by atoms with Crippen molar-refractivity contribution in [3.05, 3.63) is 0 Å². The van der Waals surface area contributed by atoms with Crippen LogP contribution in [0.5, 0.6) is 0 Å². The van der Waals surface area contributed by atoms with Crippen molar-refractivity contribution in [2.24, 2.45) is 5.92 Å². The van der Waals surface area contributed by atoms with Crippen LogP contribution in [0.25, 0.3) is 0 Å². The largest absolute Gasteiger partial charge is 0.356 e. The van der Waals surface area contributed by atoms with Crippen molar-refractivity contribution < 1.29 is 13.2 Å². The molecule has 4 nitrogen and oxygen atoms in total. The number of carbonyl (C=O) groups is 1. The second kappa shape index (κ2) is 4.77. The summed E-state index contributed by atoms with van der Waals surface area (Å²) in [5, 5.41) is 2.79. The van der Waals surface area contributed by atoms with Gasteiger partial charge in [0.25, 0.3) is 0 Å². The van der Waals surface area contributed by atoms with E-state index < -0.39 is 9.84 Å². The Morgan fingerprint density at radius 1 is 1.50 bits per heavy atom. The molecule has 1 amide bonds. The van der Waals surface area contributed by atoms with E-state index in [0.717, 1.165) is 19.4 Å². The maximum Gasteiger partial charge on any atom is 0.223 e. The van der Waals surface area contributed by atoms with Gasteiger partial charge in [-0.05, 0) is 25.7 Å². The summed E-state index contributed by atoms with van der Waals surface area (Å²) in [5.41, 5.74) is 0. The highest BCUT2D eigenvalue weighted by Crippen LogP contribution is 2.17. The van der Waals surface area contributed by atoms with Gasteiger partial charge in [0.1, 0.15) is 9.84 Å². The highest BCUT2D eigenvalue weighted by molar-refractivity contribution is 7.90. The van der Waals surface area contributed by atoms with Gasteiger partial charge in [0, 0.05) is 24.5 Å². The minimum Gasteiger partial charge on any atom is -0.356 e. The molecule has 0 spiro atoms. The van der Waals surface area contributed by atoms with Gasteiger partial charge in [-0.3, -0.25) is 4.79 Å². The second-order valence-electron chi connectivity index (χ2n) is 3.90. The number of rotatable bonds is 4. The Balaban J connectivity index is 2.27. The van der Waals surface area contributed by atoms with E-state index >= 15 is 0 Å². The molecule has 0 aromatic carbocycles. The van der Waals surface area contributed by atoms with Crippen molar-refractivity contribution in [1.82, 2.24) is 5.32 Å². The van der Waals surface area contributed by atoms with Crippen LogP contribution in [0.15, 0.2) is 0 Å². The summed E-state index contributed by atoms with van der Waals surface area (Å²) in [5.74, 6) is 0.312. The van der Waals surface area contributed by atoms with Gasteiger partial charge in [0.05, 0.1) is 0 Å². The molecule has 0 bridgehead atoms. The van der Waals surface area contributed by atoms with Gasteiger partial charge in [-0.1, -0.05) is 0 Å². The van der Waals surface area contributed by atoms with Crippen molar-refractivity contribution in [2.45, 2.75) is 25.7 Å². The van der Waals surface area contributed by atoms with Crippen molar-refractivity contribution in [1.29, 1.82) is 0 Å². The third-order valence-corrected chi connectivity index (χ3v) is 3.50. The summed E-state index contributed by atoms with van der Waals surface area (Å²) in [6.07, 6.45) is 4.43. The lowest BCUT2D eigenvalue weighted by molar-refractivity contribution is -0.126. The SMILES string of the molecule is CS(=O)(=O)CCCC1CCCNC1=O. The van der Waals surface area contributed by atoms with Gasteiger partial charge in [0.15, 0.2) is 0 Å². The summed E-state index contributed by atoms with van der Waals surface area (Å²) in [4.78, 5) is 11.3. The lowest BCUT2D eigenvalue weighted by Gasteiger charge is -2.21. The van der Waals surface area contributed by atoms with Crippen LogP contribution in [0.2, 0.25) is 0 Å².